The lowest BCUT2D eigenvalue weighted by atomic mass is 10.1. The summed E-state index contributed by atoms with van der Waals surface area (Å²) in [4.78, 5) is 20.5. The van der Waals surface area contributed by atoms with Gasteiger partial charge in [-0.05, 0) is 12.3 Å². The highest BCUT2D eigenvalue weighted by atomic mass is 127. The summed E-state index contributed by atoms with van der Waals surface area (Å²) in [5.74, 6) is -0.482. The third-order valence-electron chi connectivity index (χ3n) is 3.02. The number of carbonyl (C=O) groups excluding carboxylic acids is 1. The second kappa shape index (κ2) is 6.70. The van der Waals surface area contributed by atoms with Crippen molar-refractivity contribution in [3.8, 4) is 0 Å². The number of hydrogen-bond donors (Lipinski definition) is 0. The summed E-state index contributed by atoms with van der Waals surface area (Å²) in [6, 6.07) is 1.89. The molecule has 1 aliphatic rings. The number of aromatic nitrogens is 4. The molecule has 0 aliphatic carbocycles. The maximum Gasteiger partial charge on any atom is 0.376 e. The first-order chi connectivity index (χ1) is 11.0. The van der Waals surface area contributed by atoms with Gasteiger partial charge in [-0.1, -0.05) is 0 Å². The van der Waals surface area contributed by atoms with Gasteiger partial charge in [0.1, 0.15) is 16.4 Å². The lowest BCUT2D eigenvalue weighted by molar-refractivity contribution is 0.0586. The molecule has 1 atom stereocenters. The highest BCUT2D eigenvalue weighted by Crippen LogP contribution is 2.33. The molecule has 0 saturated carbocycles. The number of ether oxygens (including phenoxy) is 1. The lowest BCUT2D eigenvalue weighted by Gasteiger charge is -2.22. The van der Waals surface area contributed by atoms with E-state index in [1.807, 2.05) is 25.6 Å². The van der Waals surface area contributed by atoms with Crippen LogP contribution in [-0.2, 0) is 11.8 Å². The Morgan fingerprint density at radius 3 is 2.83 bits per heavy atom. The maximum atomic E-state index is 11.8. The Balaban J connectivity index is 2.19. The van der Waals surface area contributed by atoms with Gasteiger partial charge in [-0.3, -0.25) is 4.68 Å². The third kappa shape index (κ3) is 3.20. The molecule has 0 amide bonds. The van der Waals surface area contributed by atoms with Gasteiger partial charge in [0, 0.05) is 13.2 Å². The number of halogens is 1. The third-order valence-corrected chi connectivity index (χ3v) is 5.50. The zero-order chi connectivity index (χ0) is 16.6. The van der Waals surface area contributed by atoms with Crippen molar-refractivity contribution in [1.82, 2.24) is 22.7 Å². The summed E-state index contributed by atoms with van der Waals surface area (Å²) in [5, 5.41) is 9.68. The van der Waals surface area contributed by atoms with Crippen LogP contribution in [0.5, 0.6) is 0 Å². The number of methoxy groups -OCH3 is 1. The summed E-state index contributed by atoms with van der Waals surface area (Å²) < 4.78 is 8.22. The number of hydrogen-bond acceptors (Lipinski definition) is 8. The predicted octanol–water partition coefficient (Wildman–Crippen LogP) is 1.36. The smallest absolute Gasteiger partial charge is 0.376 e. The van der Waals surface area contributed by atoms with Crippen molar-refractivity contribution in [2.24, 2.45) is 12.1 Å². The molecule has 8 nitrogen and oxygen atoms in total. The molecule has 3 rings (SSSR count). The summed E-state index contributed by atoms with van der Waals surface area (Å²) in [6.45, 7) is 0. The summed E-state index contributed by atoms with van der Waals surface area (Å²) in [7, 11) is 3.37. The number of carbonyl (C=O) groups is 1. The molecule has 1 aliphatic heterocycles. The molecule has 0 spiro atoms. The summed E-state index contributed by atoms with van der Waals surface area (Å²) >= 11 is 3.55. The van der Waals surface area contributed by atoms with E-state index >= 15 is 0 Å². The Morgan fingerprint density at radius 1 is 1.43 bits per heavy atom. The van der Waals surface area contributed by atoms with Gasteiger partial charge in [-0.2, -0.15) is 10.2 Å². The topological polar surface area (TPSA) is 85.5 Å². The number of fused-ring (bicyclic) bond motifs is 1. The highest BCUT2D eigenvalue weighted by Gasteiger charge is 2.28. The van der Waals surface area contributed by atoms with Crippen molar-refractivity contribution in [3.63, 3.8) is 0 Å². The van der Waals surface area contributed by atoms with Crippen LogP contribution in [0.1, 0.15) is 21.9 Å². The minimum absolute atomic E-state index is 0.0650. The molecule has 11 heteroatoms. The number of thioether (sulfide) groups is 1. The zero-order valence-corrected chi connectivity index (χ0v) is 16.4. The Hall–Kier alpha value is -1.26. The normalized spacial score (nSPS) is 14.6. The van der Waals surface area contributed by atoms with Gasteiger partial charge in [-0.25, -0.2) is 17.8 Å². The summed E-state index contributed by atoms with van der Waals surface area (Å²) in [5.41, 5.74) is 3.03. The van der Waals surface area contributed by atoms with Gasteiger partial charge in [0.05, 0.1) is 49.7 Å². The first-order valence-corrected chi connectivity index (χ1v) is 9.53. The van der Waals surface area contributed by atoms with Gasteiger partial charge in [-0.15, -0.1) is 11.8 Å². The van der Waals surface area contributed by atoms with E-state index in [0.29, 0.717) is 10.7 Å². The monoisotopic (exact) mass is 462 g/mol. The van der Waals surface area contributed by atoms with E-state index < -0.39 is 5.97 Å². The highest BCUT2D eigenvalue weighted by molar-refractivity contribution is 14.1. The second-order valence-electron chi connectivity index (χ2n) is 4.47. The Kier molecular flexibility index (Phi) is 4.83. The van der Waals surface area contributed by atoms with Crippen molar-refractivity contribution in [2.45, 2.75) is 5.03 Å². The van der Waals surface area contributed by atoms with E-state index in [1.165, 1.54) is 18.9 Å². The average Bonchev–Trinajstić information content (AvgIpc) is 2.98. The molecular formula is C12H12IN6O2PS. The fourth-order valence-corrected chi connectivity index (χ4v) is 4.43. The maximum absolute atomic E-state index is 11.8. The fraction of sp³-hybridized carbons (Fsp3) is 0.250. The molecule has 0 fully saturated rings. The van der Waals surface area contributed by atoms with Gasteiger partial charge >= 0.3 is 5.97 Å². The van der Waals surface area contributed by atoms with Crippen molar-refractivity contribution in [2.75, 3.05) is 13.4 Å². The van der Waals surface area contributed by atoms with Crippen molar-refractivity contribution >= 4 is 60.5 Å². The molecular weight excluding hydrogens is 450 g/mol. The molecule has 0 radical (unpaired) electrons. The van der Waals surface area contributed by atoms with Crippen LogP contribution in [0.3, 0.4) is 0 Å². The first kappa shape index (κ1) is 16.6. The van der Waals surface area contributed by atoms with Crippen LogP contribution >= 0.6 is 43.4 Å². The Labute approximate surface area is 152 Å². The van der Waals surface area contributed by atoms with E-state index in [1.54, 1.807) is 7.67 Å². The first-order valence-electron chi connectivity index (χ1n) is 6.39. The fourth-order valence-electron chi connectivity index (χ4n) is 2.04. The minimum atomic E-state index is -0.546. The zero-order valence-electron chi connectivity index (χ0n) is 12.4. The Bertz CT molecular complexity index is 811. The predicted molar refractivity (Wildman–Crippen MR) is 97.8 cm³/mol. The molecule has 0 aromatic carbocycles. The quantitative estimate of drug-likeness (QED) is 0.170. The van der Waals surface area contributed by atoms with Crippen molar-refractivity contribution < 1.29 is 9.53 Å². The average molecular weight is 462 g/mol. The molecule has 0 bridgehead atoms. The molecule has 3 heterocycles. The molecule has 2 aromatic heterocycles. The van der Waals surface area contributed by atoms with Crippen molar-refractivity contribution in [3.05, 3.63) is 29.3 Å². The van der Waals surface area contributed by atoms with Gasteiger partial charge in [0.15, 0.2) is 0 Å². The van der Waals surface area contributed by atoms with Crippen LogP contribution in [0.2, 0.25) is 0 Å². The van der Waals surface area contributed by atoms with E-state index in [4.69, 9.17) is 4.74 Å². The van der Waals surface area contributed by atoms with Crippen LogP contribution < -0.4 is 5.44 Å². The molecule has 120 valence electrons. The molecule has 23 heavy (non-hydrogen) atoms. The molecule has 2 aromatic rings. The van der Waals surface area contributed by atoms with E-state index in [9.17, 15) is 4.79 Å². The Morgan fingerprint density at radius 2 is 2.22 bits per heavy atom. The van der Waals surface area contributed by atoms with Crippen LogP contribution in [0, 0.1) is 0 Å². The van der Waals surface area contributed by atoms with E-state index in [-0.39, 0.29) is 14.6 Å². The number of rotatable bonds is 3. The number of aryl methyl sites for hydroxylation is 1. The van der Waals surface area contributed by atoms with E-state index in [2.05, 4.69) is 43.0 Å². The standard InChI is InChI=1S/C12H12IN6O2PS/c1-18-5-4-6(16-18)8-7-10(22-19(13)17-8)14-9(12(20)21-2)15-11(7)23-3/h4-5,22H,1-3H3. The number of hydrazone groups is 1. The molecule has 1 unspecified atom stereocenters. The number of esters is 1. The number of nitrogens with zero attached hydrogens (tertiary/aromatic N) is 6. The van der Waals surface area contributed by atoms with Crippen molar-refractivity contribution in [1.29, 1.82) is 0 Å². The molecule has 0 saturated heterocycles. The minimum Gasteiger partial charge on any atom is -0.463 e. The summed E-state index contributed by atoms with van der Waals surface area (Å²) in [6.07, 6.45) is 3.76. The molecule has 0 N–H and O–H groups in total. The second-order valence-corrected chi connectivity index (χ2v) is 8.21. The van der Waals surface area contributed by atoms with Crippen LogP contribution in [0.25, 0.3) is 0 Å². The lowest BCUT2D eigenvalue weighted by Crippen LogP contribution is -2.28. The van der Waals surface area contributed by atoms with Crippen LogP contribution in [0.4, 0.5) is 0 Å². The SMILES string of the molecule is COC(=O)c1nc2c(c(SC)n1)C(c1ccn(C)n1)=NN(I)P2. The van der Waals surface area contributed by atoms with Gasteiger partial charge in [0.25, 0.3) is 0 Å². The largest absolute Gasteiger partial charge is 0.463 e. The van der Waals surface area contributed by atoms with Gasteiger partial charge in [0.2, 0.25) is 5.82 Å². The van der Waals surface area contributed by atoms with Gasteiger partial charge < -0.3 is 4.74 Å². The van der Waals surface area contributed by atoms with Crippen LogP contribution in [0.15, 0.2) is 22.4 Å². The van der Waals surface area contributed by atoms with Crippen LogP contribution in [-0.4, -0.2) is 47.8 Å². The van der Waals surface area contributed by atoms with E-state index in [0.717, 1.165) is 16.7 Å².